The van der Waals surface area contributed by atoms with E-state index in [1.807, 2.05) is 17.8 Å². The molecule has 0 aliphatic heterocycles. The molecule has 0 unspecified atom stereocenters. The van der Waals surface area contributed by atoms with Crippen molar-refractivity contribution < 1.29 is 0 Å². The second-order valence-electron chi connectivity index (χ2n) is 6.13. The summed E-state index contributed by atoms with van der Waals surface area (Å²) < 4.78 is 1.85. The number of guanidine groups is 1. The number of nitrogens with one attached hydrogen (secondary N) is 3. The number of rotatable bonds is 6. The van der Waals surface area contributed by atoms with Crippen molar-refractivity contribution in [3.05, 3.63) is 53.5 Å². The summed E-state index contributed by atoms with van der Waals surface area (Å²) in [7, 11) is 1.94. The van der Waals surface area contributed by atoms with E-state index >= 15 is 0 Å². The van der Waals surface area contributed by atoms with Gasteiger partial charge in [-0.2, -0.15) is 5.10 Å². The quantitative estimate of drug-likeness (QED) is 0.297. The van der Waals surface area contributed by atoms with Crippen molar-refractivity contribution in [2.45, 2.75) is 26.8 Å². The number of aliphatic imine (C=N–C) groups is 1. The van der Waals surface area contributed by atoms with Crippen LogP contribution in [-0.4, -0.2) is 33.8 Å². The van der Waals surface area contributed by atoms with Crippen LogP contribution in [0.5, 0.6) is 0 Å². The third-order valence-electron chi connectivity index (χ3n) is 4.35. The Kier molecular flexibility index (Phi) is 7.50. The lowest BCUT2D eigenvalue weighted by molar-refractivity contribution is 0.707. The van der Waals surface area contributed by atoms with Crippen molar-refractivity contribution in [2.75, 3.05) is 13.1 Å². The number of hydrogen-bond donors (Lipinski definition) is 3. The van der Waals surface area contributed by atoms with Gasteiger partial charge in [0.2, 0.25) is 0 Å². The number of aromatic nitrogens is 3. The normalized spacial score (nSPS) is 11.4. The first-order valence-corrected chi connectivity index (χ1v) is 8.73. The van der Waals surface area contributed by atoms with E-state index in [0.717, 1.165) is 31.2 Å². The van der Waals surface area contributed by atoms with Crippen molar-refractivity contribution in [2.24, 2.45) is 12.0 Å². The van der Waals surface area contributed by atoms with Gasteiger partial charge in [-0.05, 0) is 43.5 Å². The first-order valence-electron chi connectivity index (χ1n) is 8.73. The summed E-state index contributed by atoms with van der Waals surface area (Å²) >= 11 is 0. The number of halogens is 1. The Balaban J connectivity index is 0.00000243. The van der Waals surface area contributed by atoms with Gasteiger partial charge < -0.3 is 15.6 Å². The molecule has 26 heavy (non-hydrogen) atoms. The van der Waals surface area contributed by atoms with Gasteiger partial charge >= 0.3 is 0 Å². The summed E-state index contributed by atoms with van der Waals surface area (Å²) in [6, 6.07) is 8.36. The predicted octanol–water partition coefficient (Wildman–Crippen LogP) is 3.13. The summed E-state index contributed by atoms with van der Waals surface area (Å²) in [6.07, 6.45) is 4.85. The molecule has 0 fully saturated rings. The molecule has 1 aromatic carbocycles. The van der Waals surface area contributed by atoms with E-state index in [4.69, 9.17) is 0 Å². The number of benzene rings is 1. The van der Waals surface area contributed by atoms with Gasteiger partial charge in [-0.3, -0.25) is 4.68 Å². The van der Waals surface area contributed by atoms with Gasteiger partial charge in [-0.1, -0.05) is 12.1 Å². The molecule has 0 spiro atoms. The summed E-state index contributed by atoms with van der Waals surface area (Å²) in [5.74, 6) is 0.834. The van der Waals surface area contributed by atoms with Crippen LogP contribution in [0.2, 0.25) is 0 Å². The van der Waals surface area contributed by atoms with Crippen molar-refractivity contribution in [1.82, 2.24) is 25.4 Å². The Morgan fingerprint density at radius 3 is 2.85 bits per heavy atom. The molecule has 0 saturated carbocycles. The molecule has 0 aliphatic carbocycles. The minimum atomic E-state index is 0. The zero-order chi connectivity index (χ0) is 17.6. The van der Waals surface area contributed by atoms with Crippen LogP contribution < -0.4 is 10.6 Å². The van der Waals surface area contributed by atoms with E-state index in [1.165, 1.54) is 22.0 Å². The first kappa shape index (κ1) is 20.3. The molecule has 7 heteroatoms. The highest BCUT2D eigenvalue weighted by atomic mass is 127. The van der Waals surface area contributed by atoms with E-state index in [-0.39, 0.29) is 24.0 Å². The highest BCUT2D eigenvalue weighted by molar-refractivity contribution is 14.0. The van der Waals surface area contributed by atoms with Crippen LogP contribution in [0.3, 0.4) is 0 Å². The molecule has 6 nitrogen and oxygen atoms in total. The average molecular weight is 466 g/mol. The molecule has 0 amide bonds. The van der Waals surface area contributed by atoms with E-state index in [0.29, 0.717) is 6.54 Å². The summed E-state index contributed by atoms with van der Waals surface area (Å²) in [5, 5.41) is 12.2. The van der Waals surface area contributed by atoms with Crippen LogP contribution in [-0.2, 0) is 20.0 Å². The largest absolute Gasteiger partial charge is 0.361 e. The number of aromatic amines is 1. The fourth-order valence-corrected chi connectivity index (χ4v) is 3.02. The fourth-order valence-electron chi connectivity index (χ4n) is 3.02. The van der Waals surface area contributed by atoms with E-state index in [1.54, 1.807) is 6.20 Å². The Bertz CT molecular complexity index is 864. The molecule has 3 aromatic rings. The van der Waals surface area contributed by atoms with E-state index in [9.17, 15) is 0 Å². The van der Waals surface area contributed by atoms with Crippen molar-refractivity contribution >= 4 is 40.8 Å². The SMILES string of the molecule is CCNC(=NCc1ccnn1C)NCCc1c[nH]c2cccc(C)c12.I. The zero-order valence-corrected chi connectivity index (χ0v) is 17.9. The molecule has 0 aliphatic rings. The van der Waals surface area contributed by atoms with Gasteiger partial charge in [0.25, 0.3) is 0 Å². The molecule has 2 aromatic heterocycles. The van der Waals surface area contributed by atoms with Gasteiger partial charge in [0.1, 0.15) is 0 Å². The molecular formula is C19H27IN6. The number of aryl methyl sites for hydroxylation is 2. The Hall–Kier alpha value is -2.03. The monoisotopic (exact) mass is 466 g/mol. The van der Waals surface area contributed by atoms with Crippen molar-refractivity contribution in [3.63, 3.8) is 0 Å². The lowest BCUT2D eigenvalue weighted by Gasteiger charge is -2.11. The Labute approximate surface area is 171 Å². The first-order chi connectivity index (χ1) is 12.2. The van der Waals surface area contributed by atoms with E-state index < -0.39 is 0 Å². The van der Waals surface area contributed by atoms with Crippen molar-refractivity contribution in [1.29, 1.82) is 0 Å². The maximum atomic E-state index is 4.64. The second-order valence-corrected chi connectivity index (χ2v) is 6.13. The van der Waals surface area contributed by atoms with Gasteiger partial charge in [-0.25, -0.2) is 4.99 Å². The van der Waals surface area contributed by atoms with Gasteiger partial charge in [0.05, 0.1) is 12.2 Å². The Morgan fingerprint density at radius 2 is 2.12 bits per heavy atom. The van der Waals surface area contributed by atoms with E-state index in [2.05, 4.69) is 64.0 Å². The van der Waals surface area contributed by atoms with Crippen LogP contribution in [0.1, 0.15) is 23.7 Å². The smallest absolute Gasteiger partial charge is 0.191 e. The summed E-state index contributed by atoms with van der Waals surface area (Å²) in [6.45, 7) is 6.51. The predicted molar refractivity (Wildman–Crippen MR) is 118 cm³/mol. The highest BCUT2D eigenvalue weighted by Crippen LogP contribution is 2.22. The minimum Gasteiger partial charge on any atom is -0.361 e. The number of H-pyrrole nitrogens is 1. The van der Waals surface area contributed by atoms with Gasteiger partial charge in [-0.15, -0.1) is 24.0 Å². The topological polar surface area (TPSA) is 70.0 Å². The average Bonchev–Trinajstić information content (AvgIpc) is 3.20. The van der Waals surface area contributed by atoms with Gasteiger partial charge in [0.15, 0.2) is 5.96 Å². The molecule has 140 valence electrons. The molecule has 0 radical (unpaired) electrons. The third-order valence-corrected chi connectivity index (χ3v) is 4.35. The highest BCUT2D eigenvalue weighted by Gasteiger charge is 2.06. The number of fused-ring (bicyclic) bond motifs is 1. The molecule has 3 rings (SSSR count). The maximum absolute atomic E-state index is 4.64. The standard InChI is InChI=1S/C19H26N6.HI/c1-4-20-19(23-13-16-9-11-24-25(16)3)21-10-8-15-12-22-17-7-5-6-14(2)18(15)17;/h5-7,9,11-12,22H,4,8,10,13H2,1-3H3,(H2,20,21,23);1H. The molecular weight excluding hydrogens is 439 g/mol. The van der Waals surface area contributed by atoms with Crippen LogP contribution in [0.15, 0.2) is 41.7 Å². The van der Waals surface area contributed by atoms with Crippen LogP contribution >= 0.6 is 24.0 Å². The molecule has 2 heterocycles. The lowest BCUT2D eigenvalue weighted by atomic mass is 10.1. The maximum Gasteiger partial charge on any atom is 0.191 e. The van der Waals surface area contributed by atoms with Gasteiger partial charge in [0, 0.05) is 43.4 Å². The zero-order valence-electron chi connectivity index (χ0n) is 15.5. The molecule has 0 atom stereocenters. The third kappa shape index (κ3) is 4.78. The Morgan fingerprint density at radius 1 is 1.27 bits per heavy atom. The molecule has 0 bridgehead atoms. The minimum absolute atomic E-state index is 0. The molecule has 0 saturated heterocycles. The van der Waals surface area contributed by atoms with Crippen LogP contribution in [0.25, 0.3) is 10.9 Å². The summed E-state index contributed by atoms with van der Waals surface area (Å²) in [5.41, 5.74) is 4.94. The molecule has 3 N–H and O–H groups in total. The number of nitrogens with zero attached hydrogens (tertiary/aromatic N) is 3. The van der Waals surface area contributed by atoms with Crippen molar-refractivity contribution in [3.8, 4) is 0 Å². The fraction of sp³-hybridized carbons (Fsp3) is 0.368. The number of hydrogen-bond acceptors (Lipinski definition) is 2. The van der Waals surface area contributed by atoms with Crippen LogP contribution in [0, 0.1) is 6.92 Å². The summed E-state index contributed by atoms with van der Waals surface area (Å²) in [4.78, 5) is 8.00. The van der Waals surface area contributed by atoms with Crippen LogP contribution in [0.4, 0.5) is 0 Å². The lowest BCUT2D eigenvalue weighted by Crippen LogP contribution is -2.38. The second kappa shape index (κ2) is 9.61.